The number of thiophene rings is 1. The Balaban J connectivity index is 2.10. The molecule has 0 spiro atoms. The van der Waals surface area contributed by atoms with E-state index in [2.05, 4.69) is 4.98 Å². The van der Waals surface area contributed by atoms with Gasteiger partial charge in [-0.3, -0.25) is 0 Å². The second-order valence-electron chi connectivity index (χ2n) is 6.60. The van der Waals surface area contributed by atoms with Crippen molar-refractivity contribution in [2.24, 2.45) is 14.1 Å². The Hall–Kier alpha value is -1.85. The normalized spacial score (nSPS) is 13.0. The molecule has 4 nitrogen and oxygen atoms in total. The first-order chi connectivity index (χ1) is 14.4. The molecule has 0 unspecified atom stereocenters. The fraction of sp³-hybridized carbons (Fsp3) is 0.368. The maximum atomic E-state index is 13.3. The molecule has 0 aromatic carbocycles. The van der Waals surface area contributed by atoms with Crippen LogP contribution in [-0.2, 0) is 14.1 Å². The van der Waals surface area contributed by atoms with Crippen LogP contribution in [0.1, 0.15) is 18.3 Å². The molecule has 0 atom stereocenters. The van der Waals surface area contributed by atoms with Gasteiger partial charge in [0.2, 0.25) is 0 Å². The van der Waals surface area contributed by atoms with Gasteiger partial charge < -0.3 is 9.13 Å². The van der Waals surface area contributed by atoms with Gasteiger partial charge in [-0.05, 0) is 37.0 Å². The van der Waals surface area contributed by atoms with Gasteiger partial charge >= 0.3 is 12.1 Å². The van der Waals surface area contributed by atoms with Crippen LogP contribution in [0.3, 0.4) is 0 Å². The number of imidazole rings is 2. The topological polar surface area (TPSA) is 35.6 Å². The highest BCUT2D eigenvalue weighted by atomic mass is 35.5. The maximum absolute atomic E-state index is 13.3. The summed E-state index contributed by atoms with van der Waals surface area (Å²) < 4.78 is 68.2. The predicted octanol–water partition coefficient (Wildman–Crippen LogP) is 6.83. The van der Waals surface area contributed by atoms with Gasteiger partial charge in [0, 0.05) is 19.8 Å². The Morgan fingerprint density at radius 2 is 1.77 bits per heavy atom. The predicted molar refractivity (Wildman–Crippen MR) is 115 cm³/mol. The number of hydrogen-bond donors (Lipinski definition) is 0. The minimum atomic E-state index is -5.67. The summed E-state index contributed by atoms with van der Waals surface area (Å²) >= 11 is 8.93. The first kappa shape index (κ1) is 23.8. The molecule has 0 amide bonds. The van der Waals surface area contributed by atoms with Crippen molar-refractivity contribution in [3.8, 4) is 22.2 Å². The van der Waals surface area contributed by atoms with Gasteiger partial charge in [-0.2, -0.15) is 22.0 Å². The van der Waals surface area contributed by atoms with Gasteiger partial charge in [0.05, 0.1) is 14.9 Å². The summed E-state index contributed by atoms with van der Waals surface area (Å²) in [7, 11) is 3.51. The number of allylic oxidation sites excluding steroid dienone is 1. The molecular formula is C19H18ClF5N4S2. The van der Waals surface area contributed by atoms with Crippen molar-refractivity contribution in [1.82, 2.24) is 19.1 Å². The Kier molecular flexibility index (Phi) is 6.60. The van der Waals surface area contributed by atoms with Crippen LogP contribution < -0.4 is 0 Å². The van der Waals surface area contributed by atoms with Gasteiger partial charge in [-0.15, -0.1) is 23.1 Å². The lowest BCUT2D eigenvalue weighted by atomic mass is 10.2. The highest BCUT2D eigenvalue weighted by Crippen LogP contribution is 2.39. The zero-order valence-electron chi connectivity index (χ0n) is 16.9. The number of thioether (sulfide) groups is 1. The molecule has 3 aromatic rings. The van der Waals surface area contributed by atoms with Gasteiger partial charge in [0.1, 0.15) is 10.7 Å². The average Bonchev–Trinajstić information content (AvgIpc) is 3.32. The van der Waals surface area contributed by atoms with E-state index in [1.54, 1.807) is 24.6 Å². The molecule has 0 bridgehead atoms. The highest BCUT2D eigenvalue weighted by Gasteiger charge is 2.55. The summed E-state index contributed by atoms with van der Waals surface area (Å²) in [4.78, 5) is 9.87. The van der Waals surface area contributed by atoms with E-state index in [9.17, 15) is 22.0 Å². The number of alkyl halides is 5. The van der Waals surface area contributed by atoms with Crippen LogP contribution in [0.5, 0.6) is 0 Å². The summed E-state index contributed by atoms with van der Waals surface area (Å²) in [5, 5.41) is 0.797. The summed E-state index contributed by atoms with van der Waals surface area (Å²) in [6.45, 7) is 3.57. The van der Waals surface area contributed by atoms with E-state index < -0.39 is 12.1 Å². The standard InChI is InChI=1S/C19H18ClF5N4S2/c1-5-30-17-14(27-15(29(17)4)12-6-7-13(20)31-12)16-26-11(10(2)28(16)3)8-9-18(21,22)19(23,24)25/h6-9H,5H2,1-4H3/b9-8+. The van der Waals surface area contributed by atoms with E-state index in [1.807, 2.05) is 24.6 Å². The molecule has 0 aliphatic carbocycles. The third kappa shape index (κ3) is 4.54. The van der Waals surface area contributed by atoms with Crippen molar-refractivity contribution < 1.29 is 22.0 Å². The monoisotopic (exact) mass is 496 g/mol. The number of hydrogen-bond acceptors (Lipinski definition) is 4. The fourth-order valence-electron chi connectivity index (χ4n) is 2.83. The molecule has 0 aliphatic rings. The van der Waals surface area contributed by atoms with Crippen molar-refractivity contribution in [2.75, 3.05) is 5.75 Å². The lowest BCUT2D eigenvalue weighted by Gasteiger charge is -2.14. The molecule has 3 aromatic heterocycles. The van der Waals surface area contributed by atoms with Crippen LogP contribution in [0.4, 0.5) is 22.0 Å². The summed E-state index contributed by atoms with van der Waals surface area (Å²) in [5.74, 6) is -3.18. The van der Waals surface area contributed by atoms with Crippen LogP contribution >= 0.6 is 34.7 Å². The van der Waals surface area contributed by atoms with Crippen LogP contribution in [0, 0.1) is 6.92 Å². The molecule has 3 rings (SSSR count). The van der Waals surface area contributed by atoms with Gasteiger partial charge in [0.25, 0.3) is 0 Å². The molecule has 0 saturated carbocycles. The van der Waals surface area contributed by atoms with E-state index in [-0.39, 0.29) is 11.8 Å². The Morgan fingerprint density at radius 3 is 2.32 bits per heavy atom. The van der Waals surface area contributed by atoms with E-state index in [1.165, 1.54) is 23.1 Å². The van der Waals surface area contributed by atoms with Crippen LogP contribution in [-0.4, -0.2) is 37.0 Å². The molecular weight excluding hydrogens is 479 g/mol. The number of nitrogens with zero attached hydrogens (tertiary/aromatic N) is 4. The number of halogens is 6. The Bertz CT molecular complexity index is 1130. The second-order valence-corrected chi connectivity index (χ2v) is 9.57. The average molecular weight is 497 g/mol. The van der Waals surface area contributed by atoms with Crippen molar-refractivity contribution >= 4 is 40.8 Å². The van der Waals surface area contributed by atoms with Crippen molar-refractivity contribution in [3.63, 3.8) is 0 Å². The maximum Gasteiger partial charge on any atom is 0.457 e. The van der Waals surface area contributed by atoms with Crippen molar-refractivity contribution in [2.45, 2.75) is 31.0 Å². The van der Waals surface area contributed by atoms with Crippen LogP contribution in [0.15, 0.2) is 23.2 Å². The van der Waals surface area contributed by atoms with Gasteiger partial charge in [-0.25, -0.2) is 9.97 Å². The first-order valence-corrected chi connectivity index (χ1v) is 11.2. The zero-order chi connectivity index (χ0) is 23.1. The molecule has 0 N–H and O–H groups in total. The van der Waals surface area contributed by atoms with Gasteiger partial charge in [-0.1, -0.05) is 18.5 Å². The molecule has 168 valence electrons. The van der Waals surface area contributed by atoms with E-state index >= 15 is 0 Å². The summed E-state index contributed by atoms with van der Waals surface area (Å²) in [6, 6.07) is 3.60. The molecule has 3 heterocycles. The lowest BCUT2D eigenvalue weighted by Crippen LogP contribution is -2.33. The van der Waals surface area contributed by atoms with Crippen LogP contribution in [0.2, 0.25) is 4.34 Å². The van der Waals surface area contributed by atoms with E-state index in [4.69, 9.17) is 16.6 Å². The lowest BCUT2D eigenvalue weighted by molar-refractivity contribution is -0.258. The smallest absolute Gasteiger partial charge is 0.329 e. The summed E-state index contributed by atoms with van der Waals surface area (Å²) in [6.07, 6.45) is -5.15. The zero-order valence-corrected chi connectivity index (χ0v) is 19.3. The summed E-state index contributed by atoms with van der Waals surface area (Å²) in [5.41, 5.74) is 0.963. The van der Waals surface area contributed by atoms with E-state index in [0.29, 0.717) is 33.4 Å². The molecule has 31 heavy (non-hydrogen) atoms. The molecule has 0 saturated heterocycles. The number of rotatable bonds is 6. The SMILES string of the molecule is CCSc1c(-c2nc(/C=C/C(F)(F)C(F)(F)F)c(C)n2C)nc(-c2ccc(Cl)s2)n1C. The molecule has 0 fully saturated rings. The first-order valence-electron chi connectivity index (χ1n) is 9.00. The largest absolute Gasteiger partial charge is 0.457 e. The van der Waals surface area contributed by atoms with Crippen molar-refractivity contribution in [1.29, 1.82) is 0 Å². The van der Waals surface area contributed by atoms with Crippen LogP contribution in [0.25, 0.3) is 28.3 Å². The number of aromatic nitrogens is 4. The molecule has 12 heteroatoms. The highest BCUT2D eigenvalue weighted by molar-refractivity contribution is 7.99. The minimum absolute atomic E-state index is 0.0141. The molecule has 0 aliphatic heterocycles. The fourth-order valence-corrected chi connectivity index (χ4v) is 4.73. The van der Waals surface area contributed by atoms with Gasteiger partial charge in [0.15, 0.2) is 11.6 Å². The Labute approximate surface area is 188 Å². The van der Waals surface area contributed by atoms with E-state index in [0.717, 1.165) is 15.7 Å². The molecule has 0 radical (unpaired) electrons. The minimum Gasteiger partial charge on any atom is -0.329 e. The third-order valence-electron chi connectivity index (χ3n) is 4.58. The quantitative estimate of drug-likeness (QED) is 0.277. The third-order valence-corrected chi connectivity index (χ3v) is 6.83. The second kappa shape index (κ2) is 8.59. The van der Waals surface area contributed by atoms with Crippen molar-refractivity contribution in [3.05, 3.63) is 33.9 Å². The Morgan fingerprint density at radius 1 is 1.10 bits per heavy atom.